The van der Waals surface area contributed by atoms with Crippen LogP contribution in [0.1, 0.15) is 36.5 Å². The van der Waals surface area contributed by atoms with Crippen molar-refractivity contribution in [3.63, 3.8) is 0 Å². The Labute approximate surface area is 107 Å². The average molecular weight is 243 g/mol. The van der Waals surface area contributed by atoms with Gasteiger partial charge in [0.2, 0.25) is 5.91 Å². The number of nitrogens with zero attached hydrogens (tertiary/aromatic N) is 1. The summed E-state index contributed by atoms with van der Waals surface area (Å²) in [5.41, 5.74) is 1.49. The summed E-state index contributed by atoms with van der Waals surface area (Å²) in [6, 6.07) is 7.44. The monoisotopic (exact) mass is 243 g/mol. The molecule has 1 aromatic carbocycles. The molecule has 2 aliphatic rings. The van der Waals surface area contributed by atoms with Crippen LogP contribution in [0.2, 0.25) is 0 Å². The van der Waals surface area contributed by atoms with E-state index >= 15 is 0 Å². The highest BCUT2D eigenvalue weighted by Gasteiger charge is 2.37. The molecule has 0 N–H and O–H groups in total. The van der Waals surface area contributed by atoms with Gasteiger partial charge in [-0.2, -0.15) is 0 Å². The van der Waals surface area contributed by atoms with E-state index in [1.165, 1.54) is 12.8 Å². The first-order chi connectivity index (χ1) is 8.68. The zero-order valence-electron chi connectivity index (χ0n) is 10.6. The highest BCUT2D eigenvalue weighted by Crippen LogP contribution is 2.39. The molecular weight excluding hydrogens is 226 g/mol. The lowest BCUT2D eigenvalue weighted by molar-refractivity contribution is -0.122. The first kappa shape index (κ1) is 11.5. The van der Waals surface area contributed by atoms with Crippen molar-refractivity contribution in [3.8, 4) is 0 Å². The maximum absolute atomic E-state index is 12.5. The minimum absolute atomic E-state index is 0.0891. The van der Waals surface area contributed by atoms with Gasteiger partial charge in [-0.05, 0) is 30.9 Å². The Morgan fingerprint density at radius 1 is 1.33 bits per heavy atom. The lowest BCUT2D eigenvalue weighted by Crippen LogP contribution is -2.40. The van der Waals surface area contributed by atoms with Gasteiger partial charge < -0.3 is 4.90 Å². The summed E-state index contributed by atoms with van der Waals surface area (Å²) < 4.78 is 0. The van der Waals surface area contributed by atoms with Crippen LogP contribution in [0, 0.1) is 11.8 Å². The Hall–Kier alpha value is -1.64. The molecular formula is C15H17NO2. The van der Waals surface area contributed by atoms with Crippen LogP contribution in [-0.2, 0) is 4.79 Å². The van der Waals surface area contributed by atoms with Crippen molar-refractivity contribution in [2.45, 2.75) is 26.2 Å². The Bertz CT molecular complexity index is 505. The first-order valence-corrected chi connectivity index (χ1v) is 6.62. The molecule has 1 aromatic rings. The summed E-state index contributed by atoms with van der Waals surface area (Å²) in [6.45, 7) is 2.55. The summed E-state index contributed by atoms with van der Waals surface area (Å²) in [6.07, 6.45) is 2.78. The Morgan fingerprint density at radius 2 is 2.06 bits per heavy atom. The number of fused-ring (bicyclic) bond motifs is 1. The molecule has 0 radical (unpaired) electrons. The third-order valence-electron chi connectivity index (χ3n) is 4.04. The van der Waals surface area contributed by atoms with Crippen molar-refractivity contribution in [1.29, 1.82) is 0 Å². The lowest BCUT2D eigenvalue weighted by Gasteiger charge is -2.30. The number of ketones is 1. The summed E-state index contributed by atoms with van der Waals surface area (Å²) in [5.74, 6) is 0.972. The minimum Gasteiger partial charge on any atom is -0.311 e. The van der Waals surface area contributed by atoms with Gasteiger partial charge in [-0.15, -0.1) is 0 Å². The molecule has 0 aromatic heterocycles. The number of hydrogen-bond donors (Lipinski definition) is 0. The fraction of sp³-hybridized carbons (Fsp3) is 0.467. The number of amides is 1. The van der Waals surface area contributed by atoms with Crippen molar-refractivity contribution < 1.29 is 9.59 Å². The van der Waals surface area contributed by atoms with E-state index < -0.39 is 0 Å². The van der Waals surface area contributed by atoms with Crippen molar-refractivity contribution in [2.75, 3.05) is 11.4 Å². The third-order valence-corrected chi connectivity index (χ3v) is 4.04. The second kappa shape index (κ2) is 4.23. The van der Waals surface area contributed by atoms with Gasteiger partial charge in [0.05, 0.1) is 5.69 Å². The summed E-state index contributed by atoms with van der Waals surface area (Å²) >= 11 is 0. The molecule has 1 amide bonds. The van der Waals surface area contributed by atoms with E-state index in [1.807, 2.05) is 31.2 Å². The van der Waals surface area contributed by atoms with Crippen LogP contribution in [0.5, 0.6) is 0 Å². The SMILES string of the molecule is CC(C(=O)N1CCC(=O)c2ccccc21)C1CC1. The molecule has 18 heavy (non-hydrogen) atoms. The lowest BCUT2D eigenvalue weighted by atomic mass is 9.97. The summed E-state index contributed by atoms with van der Waals surface area (Å²) in [7, 11) is 0. The topological polar surface area (TPSA) is 37.4 Å². The van der Waals surface area contributed by atoms with Crippen LogP contribution in [0.15, 0.2) is 24.3 Å². The van der Waals surface area contributed by atoms with Gasteiger partial charge >= 0.3 is 0 Å². The van der Waals surface area contributed by atoms with Crippen molar-refractivity contribution in [1.82, 2.24) is 0 Å². The molecule has 1 heterocycles. The number of Topliss-reactive ketones (excluding diaryl/α,β-unsaturated/α-hetero) is 1. The maximum atomic E-state index is 12.5. The van der Waals surface area contributed by atoms with Crippen LogP contribution >= 0.6 is 0 Å². The van der Waals surface area contributed by atoms with Gasteiger partial charge in [-0.25, -0.2) is 0 Å². The average Bonchev–Trinajstić information content (AvgIpc) is 3.22. The molecule has 94 valence electrons. The Morgan fingerprint density at radius 3 is 2.78 bits per heavy atom. The largest absolute Gasteiger partial charge is 0.311 e. The van der Waals surface area contributed by atoms with Crippen molar-refractivity contribution >= 4 is 17.4 Å². The first-order valence-electron chi connectivity index (χ1n) is 6.62. The number of rotatable bonds is 2. The van der Waals surface area contributed by atoms with Gasteiger partial charge in [0.1, 0.15) is 0 Å². The number of carbonyl (C=O) groups excluding carboxylic acids is 2. The maximum Gasteiger partial charge on any atom is 0.230 e. The standard InChI is InChI=1S/C15H17NO2/c1-10(11-6-7-11)15(18)16-9-8-14(17)12-4-2-3-5-13(12)16/h2-5,10-11H,6-9H2,1H3. The smallest absolute Gasteiger partial charge is 0.230 e. The Balaban J connectivity index is 1.92. The molecule has 0 bridgehead atoms. The van der Waals surface area contributed by atoms with E-state index in [4.69, 9.17) is 0 Å². The quantitative estimate of drug-likeness (QED) is 0.800. The second-order valence-electron chi connectivity index (χ2n) is 5.31. The van der Waals surface area contributed by atoms with Gasteiger partial charge in [0.25, 0.3) is 0 Å². The zero-order chi connectivity index (χ0) is 12.7. The fourth-order valence-electron chi connectivity index (χ4n) is 2.69. The van der Waals surface area contributed by atoms with Crippen LogP contribution in [-0.4, -0.2) is 18.2 Å². The third kappa shape index (κ3) is 1.84. The van der Waals surface area contributed by atoms with Crippen LogP contribution < -0.4 is 4.90 Å². The van der Waals surface area contributed by atoms with Crippen LogP contribution in [0.3, 0.4) is 0 Å². The number of carbonyl (C=O) groups is 2. The molecule has 1 saturated carbocycles. The van der Waals surface area contributed by atoms with Crippen molar-refractivity contribution in [2.24, 2.45) is 11.8 Å². The molecule has 3 rings (SSSR count). The van der Waals surface area contributed by atoms with Gasteiger partial charge in [-0.3, -0.25) is 9.59 Å². The molecule has 1 aliphatic carbocycles. The Kier molecular flexibility index (Phi) is 2.69. The van der Waals surface area contributed by atoms with Gasteiger partial charge in [0, 0.05) is 24.4 Å². The van der Waals surface area contributed by atoms with E-state index in [0.29, 0.717) is 24.4 Å². The molecule has 0 spiro atoms. The summed E-state index contributed by atoms with van der Waals surface area (Å²) in [5, 5.41) is 0. The van der Waals surface area contributed by atoms with E-state index in [1.54, 1.807) is 4.90 Å². The van der Waals surface area contributed by atoms with Crippen LogP contribution in [0.4, 0.5) is 5.69 Å². The molecule has 3 nitrogen and oxygen atoms in total. The molecule has 1 aliphatic heterocycles. The van der Waals surface area contributed by atoms with Gasteiger partial charge in [-0.1, -0.05) is 19.1 Å². The fourth-order valence-corrected chi connectivity index (χ4v) is 2.69. The van der Waals surface area contributed by atoms with Gasteiger partial charge in [0.15, 0.2) is 5.78 Å². The van der Waals surface area contributed by atoms with Crippen molar-refractivity contribution in [3.05, 3.63) is 29.8 Å². The molecule has 3 heteroatoms. The molecule has 1 fully saturated rings. The van der Waals surface area contributed by atoms with E-state index in [-0.39, 0.29) is 17.6 Å². The second-order valence-corrected chi connectivity index (χ2v) is 5.31. The highest BCUT2D eigenvalue weighted by atomic mass is 16.2. The zero-order valence-corrected chi connectivity index (χ0v) is 10.6. The van der Waals surface area contributed by atoms with E-state index in [2.05, 4.69) is 0 Å². The van der Waals surface area contributed by atoms with Crippen LogP contribution in [0.25, 0.3) is 0 Å². The highest BCUT2D eigenvalue weighted by molar-refractivity contribution is 6.09. The molecule has 0 saturated heterocycles. The molecule has 1 unspecified atom stereocenters. The predicted molar refractivity (Wildman–Crippen MR) is 69.6 cm³/mol. The number of anilines is 1. The molecule has 1 atom stereocenters. The minimum atomic E-state index is 0.0891. The number of hydrogen-bond acceptors (Lipinski definition) is 2. The predicted octanol–water partition coefficient (Wildman–Crippen LogP) is 2.65. The van der Waals surface area contributed by atoms with E-state index in [9.17, 15) is 9.59 Å². The summed E-state index contributed by atoms with van der Waals surface area (Å²) in [4.78, 5) is 26.1. The normalized spacial score (nSPS) is 20.5. The number of benzene rings is 1. The van der Waals surface area contributed by atoms with E-state index in [0.717, 1.165) is 5.69 Å². The number of para-hydroxylation sites is 1.